The molecule has 51 heavy (non-hydrogen) atoms. The predicted octanol–water partition coefficient (Wildman–Crippen LogP) is 11.2. The zero-order chi connectivity index (χ0) is 33.8. The summed E-state index contributed by atoms with van der Waals surface area (Å²) in [4.78, 5) is 9.79. The molecule has 6 aromatic rings. The second-order valence-corrected chi connectivity index (χ2v) is 12.4. The van der Waals surface area contributed by atoms with Crippen LogP contribution in [0.15, 0.2) is 192 Å². The average Bonchev–Trinajstić information content (AvgIpc) is 3.50. The molecule has 2 aliphatic rings. The Balaban J connectivity index is 0.000000172. The monoisotopic (exact) mass is 666 g/mol. The van der Waals surface area contributed by atoms with E-state index < -0.39 is 0 Å². The number of nitrogens with zero attached hydrogens (tertiary/aromatic N) is 2. The molecule has 0 bridgehead atoms. The molecule has 0 radical (unpaired) electrons. The van der Waals surface area contributed by atoms with Gasteiger partial charge in [-0.25, -0.2) is 0 Å². The Morgan fingerprint density at radius 3 is 1.12 bits per heavy atom. The molecule has 0 aliphatic carbocycles. The fraction of sp³-hybridized carbons (Fsp3) is 0.0870. The zero-order valence-corrected chi connectivity index (χ0v) is 28.4. The van der Waals surface area contributed by atoms with Crippen LogP contribution < -0.4 is 10.6 Å². The van der Waals surface area contributed by atoms with Crippen LogP contribution in [0.3, 0.4) is 0 Å². The smallest absolute Gasteiger partial charge is 0.0864 e. The lowest BCUT2D eigenvalue weighted by Gasteiger charge is -2.18. The Bertz CT molecular complexity index is 1950. The largest absolute Gasteiger partial charge is 0.412 e. The van der Waals surface area contributed by atoms with Gasteiger partial charge < -0.3 is 16.1 Å². The van der Waals surface area contributed by atoms with Crippen LogP contribution in [0.1, 0.15) is 47.2 Å². The SMILES string of the molecule is C(=C\c1ccccc1)/C1=Nc2ccccc2N[C@H](c2ccccc2)C1.C(=C\c1ccccc1)/C1=Nc2ccccc2N[C@H](c2ccccc2)C1.O. The lowest BCUT2D eigenvalue weighted by Crippen LogP contribution is -2.12. The molecule has 0 amide bonds. The molecule has 5 nitrogen and oxygen atoms in total. The van der Waals surface area contributed by atoms with Crippen molar-refractivity contribution in [3.8, 4) is 0 Å². The minimum Gasteiger partial charge on any atom is -0.412 e. The van der Waals surface area contributed by atoms with Gasteiger partial charge in [-0.3, -0.25) is 9.98 Å². The molecule has 8 rings (SSSR count). The van der Waals surface area contributed by atoms with E-state index in [1.165, 1.54) is 22.3 Å². The summed E-state index contributed by atoms with van der Waals surface area (Å²) in [5, 5.41) is 7.31. The van der Waals surface area contributed by atoms with Gasteiger partial charge in [-0.05, 0) is 58.7 Å². The van der Waals surface area contributed by atoms with E-state index >= 15 is 0 Å². The van der Waals surface area contributed by atoms with Gasteiger partial charge in [0, 0.05) is 24.3 Å². The van der Waals surface area contributed by atoms with Crippen LogP contribution in [-0.4, -0.2) is 16.9 Å². The van der Waals surface area contributed by atoms with E-state index in [0.29, 0.717) is 0 Å². The van der Waals surface area contributed by atoms with E-state index in [9.17, 15) is 0 Å². The molecular weight excluding hydrogens is 625 g/mol. The van der Waals surface area contributed by atoms with Gasteiger partial charge in [-0.15, -0.1) is 0 Å². The third kappa shape index (κ3) is 9.44. The molecule has 0 saturated heterocycles. The maximum Gasteiger partial charge on any atom is 0.0864 e. The van der Waals surface area contributed by atoms with Crippen molar-refractivity contribution in [3.63, 3.8) is 0 Å². The number of para-hydroxylation sites is 4. The van der Waals surface area contributed by atoms with E-state index in [0.717, 1.165) is 47.0 Å². The van der Waals surface area contributed by atoms with E-state index in [4.69, 9.17) is 9.98 Å². The maximum absolute atomic E-state index is 4.90. The first-order valence-electron chi connectivity index (χ1n) is 17.2. The fourth-order valence-corrected chi connectivity index (χ4v) is 6.18. The quantitative estimate of drug-likeness (QED) is 0.185. The second kappa shape index (κ2) is 17.4. The highest BCUT2D eigenvalue weighted by Crippen LogP contribution is 2.35. The van der Waals surface area contributed by atoms with Crippen LogP contribution in [-0.2, 0) is 0 Å². The summed E-state index contributed by atoms with van der Waals surface area (Å²) in [5.41, 5.74) is 11.2. The standard InChI is InChI=1S/2C23H20N2.H2O/c2*1-3-9-18(10-4-1)15-16-20-17-23(19-11-5-2-6-12-19)25-22-14-8-7-13-21(22)24-20;/h2*1-16,23,25H,17H2;1H2/b2*16-15+;/t2*23-;/m00./s1. The number of benzene rings is 6. The number of hydrogen-bond donors (Lipinski definition) is 2. The van der Waals surface area contributed by atoms with Crippen LogP contribution in [0.25, 0.3) is 12.2 Å². The molecule has 252 valence electrons. The molecule has 0 fully saturated rings. The molecule has 5 heteroatoms. The van der Waals surface area contributed by atoms with Gasteiger partial charge >= 0.3 is 0 Å². The molecule has 2 heterocycles. The third-order valence-corrected chi connectivity index (χ3v) is 8.76. The first kappa shape index (κ1) is 34.6. The molecule has 0 spiro atoms. The van der Waals surface area contributed by atoms with Gasteiger partial charge in [0.15, 0.2) is 0 Å². The summed E-state index contributed by atoms with van der Waals surface area (Å²) in [6.45, 7) is 0. The highest BCUT2D eigenvalue weighted by atomic mass is 16.0. The minimum absolute atomic E-state index is 0. The molecule has 0 saturated carbocycles. The number of nitrogens with one attached hydrogen (secondary N) is 2. The Morgan fingerprint density at radius 1 is 0.392 bits per heavy atom. The van der Waals surface area contributed by atoms with Gasteiger partial charge in [0.1, 0.15) is 0 Å². The summed E-state index contributed by atoms with van der Waals surface area (Å²) in [7, 11) is 0. The lowest BCUT2D eigenvalue weighted by molar-refractivity contribution is 0.824. The molecule has 0 aromatic heterocycles. The summed E-state index contributed by atoms with van der Waals surface area (Å²) in [5.74, 6) is 0. The molecule has 0 unspecified atom stereocenters. The molecule has 2 aliphatic heterocycles. The zero-order valence-electron chi connectivity index (χ0n) is 28.4. The number of aliphatic imine (C=N–C) groups is 2. The van der Waals surface area contributed by atoms with Gasteiger partial charge in [0.25, 0.3) is 0 Å². The van der Waals surface area contributed by atoms with E-state index in [-0.39, 0.29) is 17.6 Å². The normalized spacial score (nSPS) is 16.3. The Hall–Kier alpha value is -6.30. The minimum atomic E-state index is 0. The van der Waals surface area contributed by atoms with Crippen molar-refractivity contribution in [3.05, 3.63) is 204 Å². The first-order valence-corrected chi connectivity index (χ1v) is 17.2. The average molecular weight is 667 g/mol. The van der Waals surface area contributed by atoms with Crippen molar-refractivity contribution >= 4 is 46.3 Å². The predicted molar refractivity (Wildman–Crippen MR) is 216 cm³/mol. The van der Waals surface area contributed by atoms with E-state index in [1.54, 1.807) is 0 Å². The first-order chi connectivity index (χ1) is 24.8. The number of fused-ring (bicyclic) bond motifs is 2. The fourth-order valence-electron chi connectivity index (χ4n) is 6.18. The van der Waals surface area contributed by atoms with Gasteiger partial charge in [-0.1, -0.05) is 158 Å². The molecule has 6 aromatic carbocycles. The van der Waals surface area contributed by atoms with Gasteiger partial charge in [0.05, 0.1) is 34.8 Å². The van der Waals surface area contributed by atoms with Crippen LogP contribution >= 0.6 is 0 Å². The van der Waals surface area contributed by atoms with E-state index in [2.05, 4.69) is 168 Å². The van der Waals surface area contributed by atoms with E-state index in [1.807, 2.05) is 36.4 Å². The molecule has 4 N–H and O–H groups in total. The van der Waals surface area contributed by atoms with Crippen molar-refractivity contribution in [1.29, 1.82) is 0 Å². The second-order valence-electron chi connectivity index (χ2n) is 12.4. The molecular formula is C46H42N4O. The van der Waals surface area contributed by atoms with Crippen molar-refractivity contribution in [2.24, 2.45) is 9.98 Å². The number of allylic oxidation sites excluding steroid dienone is 2. The summed E-state index contributed by atoms with van der Waals surface area (Å²) < 4.78 is 0. The van der Waals surface area contributed by atoms with Crippen molar-refractivity contribution in [1.82, 2.24) is 0 Å². The Morgan fingerprint density at radius 2 is 0.725 bits per heavy atom. The highest BCUT2D eigenvalue weighted by Gasteiger charge is 2.20. The Kier molecular flexibility index (Phi) is 11.8. The maximum atomic E-state index is 4.90. The van der Waals surface area contributed by atoms with Gasteiger partial charge in [0.2, 0.25) is 0 Å². The van der Waals surface area contributed by atoms with Crippen LogP contribution in [0.2, 0.25) is 0 Å². The van der Waals surface area contributed by atoms with Crippen molar-refractivity contribution < 1.29 is 5.48 Å². The summed E-state index contributed by atoms with van der Waals surface area (Å²) in [6.07, 6.45) is 10.2. The Labute approximate surface area is 300 Å². The number of rotatable bonds is 6. The topological polar surface area (TPSA) is 80.3 Å². The van der Waals surface area contributed by atoms with Gasteiger partial charge in [-0.2, -0.15) is 0 Å². The highest BCUT2D eigenvalue weighted by molar-refractivity contribution is 6.02. The third-order valence-electron chi connectivity index (χ3n) is 8.76. The van der Waals surface area contributed by atoms with Crippen molar-refractivity contribution in [2.75, 3.05) is 10.6 Å². The molecule has 2 atom stereocenters. The summed E-state index contributed by atoms with van der Waals surface area (Å²) >= 11 is 0. The van der Waals surface area contributed by atoms with Crippen LogP contribution in [0.4, 0.5) is 22.7 Å². The number of anilines is 2. The summed E-state index contributed by atoms with van der Waals surface area (Å²) in [6, 6.07) is 58.8. The van der Waals surface area contributed by atoms with Crippen LogP contribution in [0, 0.1) is 0 Å². The van der Waals surface area contributed by atoms with Crippen LogP contribution in [0.5, 0.6) is 0 Å². The lowest BCUT2D eigenvalue weighted by atomic mass is 10.0. The van der Waals surface area contributed by atoms with Crippen molar-refractivity contribution in [2.45, 2.75) is 24.9 Å². The number of hydrogen-bond acceptors (Lipinski definition) is 4.